The maximum Gasteiger partial charge on any atom is 0.355 e. The molecule has 12 heteroatoms. The first-order valence-corrected chi connectivity index (χ1v) is 11.4. The Hall–Kier alpha value is -3.61. The Morgan fingerprint density at radius 3 is 2.59 bits per heavy atom. The van der Waals surface area contributed by atoms with Crippen LogP contribution in [-0.4, -0.2) is 39.4 Å². The van der Waals surface area contributed by atoms with E-state index in [0.717, 1.165) is 28.2 Å². The highest BCUT2D eigenvalue weighted by Crippen LogP contribution is 2.29. The smallest absolute Gasteiger partial charge is 0.355 e. The molecule has 9 nitrogen and oxygen atoms in total. The van der Waals surface area contributed by atoms with Crippen LogP contribution in [0.2, 0.25) is 0 Å². The summed E-state index contributed by atoms with van der Waals surface area (Å²) in [6.07, 6.45) is 0. The second-order valence-corrected chi connectivity index (χ2v) is 9.15. The van der Waals surface area contributed by atoms with Gasteiger partial charge in [0.2, 0.25) is 21.0 Å². The summed E-state index contributed by atoms with van der Waals surface area (Å²) < 4.78 is 43.1. The Kier molecular flexibility index (Phi) is 5.74. The molecule has 2 heterocycles. The first-order valence-electron chi connectivity index (χ1n) is 9.06. The number of sulfonamides is 1. The van der Waals surface area contributed by atoms with Crippen molar-refractivity contribution in [3.63, 3.8) is 0 Å². The van der Waals surface area contributed by atoms with Crippen LogP contribution in [0.5, 0.6) is 5.88 Å². The van der Waals surface area contributed by atoms with Gasteiger partial charge in [0.1, 0.15) is 10.7 Å². The molecule has 0 saturated carbocycles. The van der Waals surface area contributed by atoms with Gasteiger partial charge < -0.3 is 10.2 Å². The molecule has 164 valence electrons. The predicted octanol–water partition coefficient (Wildman–Crippen LogP) is 3.02. The first kappa shape index (κ1) is 21.6. The van der Waals surface area contributed by atoms with Crippen molar-refractivity contribution in [2.75, 3.05) is 0 Å². The number of carboxylic acid groups (broad SMARTS) is 1. The fraction of sp³-hybridized carbons (Fsp3) is 0.0500. The zero-order valence-corrected chi connectivity index (χ0v) is 17.8. The van der Waals surface area contributed by atoms with Crippen molar-refractivity contribution in [1.29, 1.82) is 0 Å². The van der Waals surface area contributed by atoms with Crippen LogP contribution in [-0.2, 0) is 16.6 Å². The standard InChI is InChI=1S/C20H15FN4O5S2/c21-14-7-6-13(8-17(14)32(29,30)22-10-12-4-2-1-3-5-12)15-9-18(26)25(24-15)20-23-16(11-31-20)19(27)28/h1-9,11,22,26H,10H2,(H,27,28). The molecule has 0 fully saturated rings. The van der Waals surface area contributed by atoms with Crippen LogP contribution in [0.25, 0.3) is 16.4 Å². The molecule has 0 amide bonds. The fourth-order valence-electron chi connectivity index (χ4n) is 2.83. The van der Waals surface area contributed by atoms with E-state index in [2.05, 4.69) is 14.8 Å². The number of carboxylic acids is 1. The summed E-state index contributed by atoms with van der Waals surface area (Å²) in [5.74, 6) is -2.51. The summed E-state index contributed by atoms with van der Waals surface area (Å²) in [6, 6.07) is 13.5. The van der Waals surface area contributed by atoms with Crippen LogP contribution in [0.15, 0.2) is 64.9 Å². The maximum atomic E-state index is 14.4. The average Bonchev–Trinajstić information content (AvgIpc) is 3.40. The number of rotatable bonds is 7. The Morgan fingerprint density at radius 1 is 1.16 bits per heavy atom. The summed E-state index contributed by atoms with van der Waals surface area (Å²) in [5.41, 5.74) is 0.881. The van der Waals surface area contributed by atoms with Crippen molar-refractivity contribution in [3.05, 3.63) is 77.1 Å². The number of nitrogens with zero attached hydrogens (tertiary/aromatic N) is 3. The molecule has 0 aliphatic rings. The minimum absolute atomic E-state index is 0.0157. The molecule has 2 aromatic carbocycles. The largest absolute Gasteiger partial charge is 0.493 e. The van der Waals surface area contributed by atoms with Crippen molar-refractivity contribution >= 4 is 27.3 Å². The number of aromatic nitrogens is 3. The molecule has 32 heavy (non-hydrogen) atoms. The number of hydrogen-bond donors (Lipinski definition) is 3. The average molecular weight is 474 g/mol. The molecule has 0 bridgehead atoms. The van der Waals surface area contributed by atoms with E-state index in [1.807, 2.05) is 0 Å². The number of benzene rings is 2. The molecule has 0 unspecified atom stereocenters. The zero-order valence-electron chi connectivity index (χ0n) is 16.1. The van der Waals surface area contributed by atoms with Gasteiger partial charge in [-0.05, 0) is 23.8 Å². The number of aromatic hydroxyl groups is 1. The molecule has 0 saturated heterocycles. The Bertz CT molecular complexity index is 1400. The lowest BCUT2D eigenvalue weighted by Gasteiger charge is -2.09. The van der Waals surface area contributed by atoms with Crippen molar-refractivity contribution < 1.29 is 27.8 Å². The van der Waals surface area contributed by atoms with E-state index in [0.29, 0.717) is 5.56 Å². The van der Waals surface area contributed by atoms with Crippen LogP contribution < -0.4 is 4.72 Å². The minimum Gasteiger partial charge on any atom is -0.493 e. The van der Waals surface area contributed by atoms with Gasteiger partial charge in [0.05, 0.1) is 5.69 Å². The Balaban J connectivity index is 1.64. The molecule has 4 aromatic rings. The van der Waals surface area contributed by atoms with E-state index in [1.165, 1.54) is 17.5 Å². The van der Waals surface area contributed by atoms with Gasteiger partial charge in [0.15, 0.2) is 5.69 Å². The summed E-state index contributed by atoms with van der Waals surface area (Å²) in [7, 11) is -4.18. The molecular formula is C20H15FN4O5S2. The number of hydrogen-bond acceptors (Lipinski definition) is 7. The number of halogens is 1. The van der Waals surface area contributed by atoms with Gasteiger partial charge in [-0.25, -0.2) is 27.3 Å². The monoisotopic (exact) mass is 474 g/mol. The molecule has 0 spiro atoms. The van der Waals surface area contributed by atoms with Gasteiger partial charge >= 0.3 is 5.97 Å². The molecule has 0 aliphatic heterocycles. The van der Waals surface area contributed by atoms with Gasteiger partial charge in [-0.1, -0.05) is 30.3 Å². The number of nitrogens with one attached hydrogen (secondary N) is 1. The summed E-state index contributed by atoms with van der Waals surface area (Å²) in [6.45, 7) is -0.0157. The second-order valence-electron chi connectivity index (χ2n) is 6.58. The lowest BCUT2D eigenvalue weighted by molar-refractivity contribution is 0.0691. The van der Waals surface area contributed by atoms with Crippen molar-refractivity contribution in [3.8, 4) is 22.3 Å². The van der Waals surface area contributed by atoms with E-state index in [9.17, 15) is 22.7 Å². The summed E-state index contributed by atoms with van der Waals surface area (Å²) in [4.78, 5) is 14.3. The van der Waals surface area contributed by atoms with E-state index in [-0.39, 0.29) is 34.5 Å². The van der Waals surface area contributed by atoms with E-state index < -0.39 is 26.7 Å². The summed E-state index contributed by atoms with van der Waals surface area (Å²) in [5, 5.41) is 24.8. The van der Waals surface area contributed by atoms with Crippen LogP contribution in [0.3, 0.4) is 0 Å². The topological polar surface area (TPSA) is 134 Å². The van der Waals surface area contributed by atoms with E-state index in [4.69, 9.17) is 5.11 Å². The lowest BCUT2D eigenvalue weighted by Crippen LogP contribution is -2.24. The Morgan fingerprint density at radius 2 is 1.91 bits per heavy atom. The Labute approximate surface area is 185 Å². The molecule has 0 atom stereocenters. The van der Waals surface area contributed by atoms with Crippen LogP contribution in [0, 0.1) is 5.82 Å². The molecular weight excluding hydrogens is 459 g/mol. The molecule has 4 rings (SSSR count). The van der Waals surface area contributed by atoms with Gasteiger partial charge in [-0.3, -0.25) is 0 Å². The van der Waals surface area contributed by atoms with Crippen molar-refractivity contribution in [2.45, 2.75) is 11.4 Å². The second kappa shape index (κ2) is 8.49. The SMILES string of the molecule is O=C(O)c1csc(-n2nc(-c3ccc(F)c(S(=O)(=O)NCc4ccccc4)c3)cc2O)n1. The normalized spacial score (nSPS) is 11.5. The third-order valence-electron chi connectivity index (χ3n) is 4.41. The van der Waals surface area contributed by atoms with E-state index >= 15 is 0 Å². The number of aromatic carboxylic acids is 1. The highest BCUT2D eigenvalue weighted by molar-refractivity contribution is 7.89. The van der Waals surface area contributed by atoms with Crippen molar-refractivity contribution in [1.82, 2.24) is 19.5 Å². The number of carbonyl (C=O) groups is 1. The zero-order chi connectivity index (χ0) is 22.9. The van der Waals surface area contributed by atoms with Crippen LogP contribution >= 0.6 is 11.3 Å². The molecule has 3 N–H and O–H groups in total. The maximum absolute atomic E-state index is 14.4. The highest BCUT2D eigenvalue weighted by Gasteiger charge is 2.22. The molecule has 2 aromatic heterocycles. The lowest BCUT2D eigenvalue weighted by atomic mass is 10.1. The van der Waals surface area contributed by atoms with Gasteiger partial charge in [-0.2, -0.15) is 9.78 Å². The first-order chi connectivity index (χ1) is 15.2. The third kappa shape index (κ3) is 4.37. The van der Waals surface area contributed by atoms with Gasteiger partial charge in [0, 0.05) is 23.6 Å². The summed E-state index contributed by atoms with van der Waals surface area (Å²) >= 11 is 0.951. The van der Waals surface area contributed by atoms with Gasteiger partial charge in [0.25, 0.3) is 0 Å². The minimum atomic E-state index is -4.18. The van der Waals surface area contributed by atoms with Gasteiger partial charge in [-0.15, -0.1) is 11.3 Å². The number of thiazole rings is 1. The third-order valence-corrected chi connectivity index (χ3v) is 6.64. The predicted molar refractivity (Wildman–Crippen MR) is 114 cm³/mol. The highest BCUT2D eigenvalue weighted by atomic mass is 32.2. The van der Waals surface area contributed by atoms with Crippen molar-refractivity contribution in [2.24, 2.45) is 0 Å². The molecule has 0 radical (unpaired) electrons. The van der Waals surface area contributed by atoms with Crippen LogP contribution in [0.4, 0.5) is 4.39 Å². The molecule has 0 aliphatic carbocycles. The van der Waals surface area contributed by atoms with E-state index in [1.54, 1.807) is 30.3 Å². The van der Waals surface area contributed by atoms with Crippen LogP contribution in [0.1, 0.15) is 16.1 Å². The fourth-order valence-corrected chi connectivity index (χ4v) is 4.71. The quantitative estimate of drug-likeness (QED) is 0.375.